The van der Waals surface area contributed by atoms with Crippen molar-refractivity contribution in [3.05, 3.63) is 105 Å². The molecular weight excluding hydrogens is 468 g/mol. The van der Waals surface area contributed by atoms with Crippen LogP contribution in [0.3, 0.4) is 0 Å². The number of esters is 3. The number of hydrogen-bond acceptors (Lipinski definition) is 8. The van der Waals surface area contributed by atoms with Gasteiger partial charge in [-0.3, -0.25) is 0 Å². The molecule has 0 spiro atoms. The van der Waals surface area contributed by atoms with E-state index in [1.807, 2.05) is 0 Å². The second-order valence-electron chi connectivity index (χ2n) is 6.63. The maximum Gasteiger partial charge on any atom is 0.335 e. The number of hydrogen-bond donors (Lipinski definition) is 0. The second-order valence-corrected chi connectivity index (χ2v) is 7.75. The van der Waals surface area contributed by atoms with Crippen LogP contribution in [0.2, 0.25) is 0 Å². The van der Waals surface area contributed by atoms with E-state index in [4.69, 9.17) is 18.9 Å². The molecule has 3 rings (SSSR count). The van der Waals surface area contributed by atoms with E-state index in [2.05, 4.69) is 19.7 Å². The highest BCUT2D eigenvalue weighted by Crippen LogP contribution is 2.40. The van der Waals surface area contributed by atoms with Gasteiger partial charge in [-0.1, -0.05) is 37.6 Å². The molecule has 0 saturated carbocycles. The molecule has 0 aliphatic heterocycles. The van der Waals surface area contributed by atoms with E-state index in [9.17, 15) is 14.4 Å². The molecule has 0 aromatic heterocycles. The Kier molecular flexibility index (Phi) is 8.64. The van der Waals surface area contributed by atoms with Crippen LogP contribution < -0.4 is 18.9 Å². The maximum absolute atomic E-state index is 11.6. The van der Waals surface area contributed by atoms with Crippen LogP contribution in [0.4, 0.5) is 0 Å². The zero-order chi connectivity index (χ0) is 25.2. The standard InChI is InChI=1S/C27H20O7S/c1-4-25(28)32-18-10-13-22(14-11-18)35-24-15-12-21(34-27(30)6-3)17-23(24)31-19-8-7-9-20(16-19)33-26(29)5-2/h4-17H,1-3H2. The molecule has 0 saturated heterocycles. The molecule has 0 aliphatic carbocycles. The fourth-order valence-corrected chi connectivity index (χ4v) is 3.48. The third-order valence-electron chi connectivity index (χ3n) is 4.16. The summed E-state index contributed by atoms with van der Waals surface area (Å²) < 4.78 is 21.5. The van der Waals surface area contributed by atoms with Crippen LogP contribution in [0, 0.1) is 0 Å². The summed E-state index contributed by atoms with van der Waals surface area (Å²) in [6.45, 7) is 10.1. The molecule has 8 heteroatoms. The number of carbonyl (C=O) groups is 3. The van der Waals surface area contributed by atoms with Crippen molar-refractivity contribution in [2.24, 2.45) is 0 Å². The molecule has 3 aromatic carbocycles. The van der Waals surface area contributed by atoms with E-state index >= 15 is 0 Å². The summed E-state index contributed by atoms with van der Waals surface area (Å²) in [5.41, 5.74) is 0. The molecule has 0 amide bonds. The Balaban J connectivity index is 1.88. The summed E-state index contributed by atoms with van der Waals surface area (Å²) in [5, 5.41) is 0. The highest BCUT2D eigenvalue weighted by atomic mass is 32.2. The molecular formula is C27H20O7S. The molecule has 3 aromatic rings. The van der Waals surface area contributed by atoms with Crippen LogP contribution in [-0.2, 0) is 14.4 Å². The van der Waals surface area contributed by atoms with Crippen molar-refractivity contribution in [2.75, 3.05) is 0 Å². The lowest BCUT2D eigenvalue weighted by molar-refractivity contribution is -0.129. The van der Waals surface area contributed by atoms with Crippen LogP contribution in [0.5, 0.6) is 28.7 Å². The van der Waals surface area contributed by atoms with Gasteiger partial charge in [-0.05, 0) is 48.5 Å². The third-order valence-corrected chi connectivity index (χ3v) is 5.22. The minimum absolute atomic E-state index is 0.259. The normalized spacial score (nSPS) is 9.94. The van der Waals surface area contributed by atoms with Crippen LogP contribution in [-0.4, -0.2) is 17.9 Å². The summed E-state index contributed by atoms with van der Waals surface area (Å²) in [4.78, 5) is 36.1. The van der Waals surface area contributed by atoms with Gasteiger partial charge in [-0.25, -0.2) is 14.4 Å². The summed E-state index contributed by atoms with van der Waals surface area (Å²) in [5.74, 6) is -0.0622. The van der Waals surface area contributed by atoms with Gasteiger partial charge in [0.05, 0.1) is 4.90 Å². The molecule has 0 N–H and O–H groups in total. The topological polar surface area (TPSA) is 88.1 Å². The van der Waals surface area contributed by atoms with Crippen molar-refractivity contribution in [1.82, 2.24) is 0 Å². The van der Waals surface area contributed by atoms with Crippen molar-refractivity contribution in [3.8, 4) is 28.7 Å². The molecule has 176 valence electrons. The summed E-state index contributed by atoms with van der Waals surface area (Å²) in [7, 11) is 0. The van der Waals surface area contributed by atoms with Crippen LogP contribution in [0.15, 0.2) is 114 Å². The van der Waals surface area contributed by atoms with Gasteiger partial charge >= 0.3 is 17.9 Å². The van der Waals surface area contributed by atoms with Crippen LogP contribution in [0.1, 0.15) is 0 Å². The Morgan fingerprint density at radius 1 is 0.629 bits per heavy atom. The quantitative estimate of drug-likeness (QED) is 0.198. The van der Waals surface area contributed by atoms with Crippen LogP contribution in [0.25, 0.3) is 0 Å². The van der Waals surface area contributed by atoms with E-state index in [0.717, 1.165) is 23.1 Å². The monoisotopic (exact) mass is 488 g/mol. The summed E-state index contributed by atoms with van der Waals surface area (Å²) in [6.07, 6.45) is 3.20. The summed E-state index contributed by atoms with van der Waals surface area (Å²) in [6, 6.07) is 18.3. The molecule has 0 fully saturated rings. The van der Waals surface area contributed by atoms with Crippen LogP contribution >= 0.6 is 11.8 Å². The average Bonchev–Trinajstić information content (AvgIpc) is 2.86. The Bertz CT molecular complexity index is 1280. The number of carbonyl (C=O) groups excluding carboxylic acids is 3. The van der Waals surface area contributed by atoms with Crippen molar-refractivity contribution >= 4 is 29.7 Å². The highest BCUT2D eigenvalue weighted by Gasteiger charge is 2.12. The van der Waals surface area contributed by atoms with Gasteiger partial charge in [-0.15, -0.1) is 0 Å². The first kappa shape index (κ1) is 25.1. The smallest absolute Gasteiger partial charge is 0.335 e. The fourth-order valence-electron chi connectivity index (χ4n) is 2.62. The van der Waals surface area contributed by atoms with E-state index in [-0.39, 0.29) is 11.5 Å². The molecule has 0 aliphatic rings. The largest absolute Gasteiger partial charge is 0.456 e. The first-order chi connectivity index (χ1) is 16.9. The van der Waals surface area contributed by atoms with Gasteiger partial charge in [0, 0.05) is 35.3 Å². The van der Waals surface area contributed by atoms with Crippen molar-refractivity contribution < 1.29 is 33.3 Å². The van der Waals surface area contributed by atoms with E-state index in [1.54, 1.807) is 66.7 Å². The van der Waals surface area contributed by atoms with Crippen molar-refractivity contribution in [3.63, 3.8) is 0 Å². The minimum atomic E-state index is -0.612. The molecule has 35 heavy (non-hydrogen) atoms. The van der Waals surface area contributed by atoms with Gasteiger partial charge < -0.3 is 18.9 Å². The fraction of sp³-hybridized carbons (Fsp3) is 0. The molecule has 0 radical (unpaired) electrons. The second kappa shape index (κ2) is 12.1. The first-order valence-corrected chi connectivity index (χ1v) is 10.9. The van der Waals surface area contributed by atoms with Crippen molar-refractivity contribution in [2.45, 2.75) is 9.79 Å². The predicted molar refractivity (Wildman–Crippen MR) is 131 cm³/mol. The molecule has 0 bridgehead atoms. The van der Waals surface area contributed by atoms with E-state index < -0.39 is 17.9 Å². The lowest BCUT2D eigenvalue weighted by Gasteiger charge is -2.13. The number of benzene rings is 3. The Morgan fingerprint density at radius 2 is 1.14 bits per heavy atom. The van der Waals surface area contributed by atoms with E-state index in [1.165, 1.54) is 11.8 Å². The first-order valence-electron chi connectivity index (χ1n) is 10.1. The molecule has 7 nitrogen and oxygen atoms in total. The lowest BCUT2D eigenvalue weighted by atomic mass is 10.3. The molecule has 0 heterocycles. The Labute approximate surface area is 206 Å². The van der Waals surface area contributed by atoms with Gasteiger partial charge in [-0.2, -0.15) is 0 Å². The third kappa shape index (κ3) is 7.48. The number of rotatable bonds is 10. The number of ether oxygens (including phenoxy) is 4. The van der Waals surface area contributed by atoms with Gasteiger partial charge in [0.25, 0.3) is 0 Å². The van der Waals surface area contributed by atoms with Gasteiger partial charge in [0.15, 0.2) is 0 Å². The lowest BCUT2D eigenvalue weighted by Crippen LogP contribution is -2.03. The zero-order valence-electron chi connectivity index (χ0n) is 18.5. The highest BCUT2D eigenvalue weighted by molar-refractivity contribution is 7.99. The zero-order valence-corrected chi connectivity index (χ0v) is 19.3. The minimum Gasteiger partial charge on any atom is -0.456 e. The average molecular weight is 489 g/mol. The SMILES string of the molecule is C=CC(=O)Oc1ccc(Sc2ccc(OC(=O)C=C)cc2Oc2cccc(OC(=O)C=C)c2)cc1. The van der Waals surface area contributed by atoms with E-state index in [0.29, 0.717) is 22.1 Å². The Morgan fingerprint density at radius 3 is 1.74 bits per heavy atom. The predicted octanol–water partition coefficient (Wildman–Crippen LogP) is 5.90. The molecule has 0 unspecified atom stereocenters. The van der Waals surface area contributed by atoms with Gasteiger partial charge in [0.2, 0.25) is 0 Å². The summed E-state index contributed by atoms with van der Waals surface area (Å²) >= 11 is 1.37. The maximum atomic E-state index is 11.6. The molecule has 0 atom stereocenters. The van der Waals surface area contributed by atoms with Crippen molar-refractivity contribution in [1.29, 1.82) is 0 Å². The van der Waals surface area contributed by atoms with Gasteiger partial charge in [0.1, 0.15) is 28.7 Å². The Hall–Kier alpha value is -4.56.